The van der Waals surface area contributed by atoms with Gasteiger partial charge in [0.2, 0.25) is 0 Å². The summed E-state index contributed by atoms with van der Waals surface area (Å²) in [6.07, 6.45) is 0. The molecule has 33 heavy (non-hydrogen) atoms. The molecule has 1 N–H and O–H groups in total. The van der Waals surface area contributed by atoms with Crippen molar-refractivity contribution in [3.8, 4) is 5.75 Å². The van der Waals surface area contributed by atoms with E-state index in [4.69, 9.17) is 4.74 Å². The molecule has 3 heterocycles. The van der Waals surface area contributed by atoms with Crippen molar-refractivity contribution in [2.45, 2.75) is 31.3 Å². The molecule has 3 aromatic rings. The van der Waals surface area contributed by atoms with Gasteiger partial charge in [0.05, 0.1) is 23.9 Å². The number of nitrogens with one attached hydrogen (secondary N) is 1. The zero-order chi connectivity index (χ0) is 22.9. The van der Waals surface area contributed by atoms with Gasteiger partial charge in [0.15, 0.2) is 0 Å². The van der Waals surface area contributed by atoms with Crippen LogP contribution in [0.2, 0.25) is 0 Å². The van der Waals surface area contributed by atoms with E-state index < -0.39 is 11.4 Å². The first-order valence-corrected chi connectivity index (χ1v) is 11.1. The number of aryl methyl sites for hydroxylation is 1. The summed E-state index contributed by atoms with van der Waals surface area (Å²) in [5.74, 6) is -0.802. The van der Waals surface area contributed by atoms with Crippen LogP contribution in [-0.4, -0.2) is 28.9 Å². The van der Waals surface area contributed by atoms with Gasteiger partial charge in [-0.05, 0) is 43.7 Å². The Hall–Kier alpha value is -3.67. The van der Waals surface area contributed by atoms with Crippen molar-refractivity contribution in [2.75, 3.05) is 11.9 Å². The standard InChI is InChI=1S/C27H23FN2O3/c1-15-8-11-22-19(12-15)24-20(14-33-22)23(16-6-4-3-5-7-16)27(2)26(32)29-21-13-17(28)9-10-18(21)25(31)30(24)27/h3-13,20,23-24H,14H2,1-2H3,(H,29,32)/t20?,23?,24?,27-/m1/s1. The smallest absolute Gasteiger partial charge is 0.257 e. The van der Waals surface area contributed by atoms with Gasteiger partial charge in [0.1, 0.15) is 17.1 Å². The minimum atomic E-state index is -1.20. The van der Waals surface area contributed by atoms with Crippen molar-refractivity contribution in [1.82, 2.24) is 4.90 Å². The molecule has 0 aliphatic carbocycles. The summed E-state index contributed by atoms with van der Waals surface area (Å²) in [4.78, 5) is 29.7. The first-order valence-electron chi connectivity index (χ1n) is 11.1. The number of hydrogen-bond donors (Lipinski definition) is 1. The van der Waals surface area contributed by atoms with Crippen LogP contribution < -0.4 is 10.1 Å². The SMILES string of the molecule is Cc1ccc2c(c1)C1C(CO2)C(c2ccccc2)[C@]2(C)C(=O)Nc3cc(F)ccc3C(=O)N12. The second-order valence-electron chi connectivity index (χ2n) is 9.32. The summed E-state index contributed by atoms with van der Waals surface area (Å²) in [7, 11) is 0. The van der Waals surface area contributed by atoms with Gasteiger partial charge >= 0.3 is 0 Å². The lowest BCUT2D eigenvalue weighted by atomic mass is 9.73. The van der Waals surface area contributed by atoms with Crippen LogP contribution in [0.5, 0.6) is 5.75 Å². The first-order chi connectivity index (χ1) is 15.9. The minimum Gasteiger partial charge on any atom is -0.493 e. The number of rotatable bonds is 1. The van der Waals surface area contributed by atoms with Crippen LogP contribution in [0.25, 0.3) is 0 Å². The molecular formula is C27H23FN2O3. The molecule has 6 heteroatoms. The number of benzene rings is 3. The Labute approximate surface area is 191 Å². The Morgan fingerprint density at radius 1 is 1.06 bits per heavy atom. The maximum atomic E-state index is 14.1. The predicted molar refractivity (Wildman–Crippen MR) is 122 cm³/mol. The van der Waals surface area contributed by atoms with Gasteiger partial charge in [-0.3, -0.25) is 9.59 Å². The zero-order valence-electron chi connectivity index (χ0n) is 18.3. The topological polar surface area (TPSA) is 58.6 Å². The highest BCUT2D eigenvalue weighted by molar-refractivity contribution is 6.12. The summed E-state index contributed by atoms with van der Waals surface area (Å²) in [6, 6.07) is 19.4. The van der Waals surface area contributed by atoms with E-state index in [0.29, 0.717) is 12.2 Å². The maximum Gasteiger partial charge on any atom is 0.257 e. The molecular weight excluding hydrogens is 419 g/mol. The third-order valence-corrected chi connectivity index (χ3v) is 7.43. The molecule has 3 aromatic carbocycles. The minimum absolute atomic E-state index is 0.122. The summed E-state index contributed by atoms with van der Waals surface area (Å²) in [5, 5.41) is 2.87. The third-order valence-electron chi connectivity index (χ3n) is 7.43. The lowest BCUT2D eigenvalue weighted by Crippen LogP contribution is -2.54. The highest BCUT2D eigenvalue weighted by Crippen LogP contribution is 2.59. The van der Waals surface area contributed by atoms with Crippen molar-refractivity contribution in [2.24, 2.45) is 5.92 Å². The zero-order valence-corrected chi connectivity index (χ0v) is 18.3. The van der Waals surface area contributed by atoms with Crippen molar-refractivity contribution in [3.63, 3.8) is 0 Å². The molecule has 0 aromatic heterocycles. The summed E-state index contributed by atoms with van der Waals surface area (Å²) in [5.41, 5.74) is 2.23. The number of carbonyl (C=O) groups is 2. The van der Waals surface area contributed by atoms with E-state index in [1.807, 2.05) is 62.4 Å². The van der Waals surface area contributed by atoms with E-state index in [1.165, 1.54) is 18.2 Å². The number of carbonyl (C=O) groups excluding carboxylic acids is 2. The number of fused-ring (bicyclic) bond motifs is 6. The van der Waals surface area contributed by atoms with Crippen molar-refractivity contribution in [3.05, 3.63) is 94.8 Å². The number of anilines is 1. The van der Waals surface area contributed by atoms with Gasteiger partial charge in [-0.25, -0.2) is 4.39 Å². The number of amides is 2. The number of halogens is 1. The molecule has 166 valence electrons. The van der Waals surface area contributed by atoms with Crippen LogP contribution in [0, 0.1) is 18.7 Å². The van der Waals surface area contributed by atoms with Crippen molar-refractivity contribution < 1.29 is 18.7 Å². The quantitative estimate of drug-likeness (QED) is 0.587. The molecule has 6 rings (SSSR count). The van der Waals surface area contributed by atoms with E-state index >= 15 is 0 Å². The molecule has 1 saturated heterocycles. The molecule has 0 radical (unpaired) electrons. The molecule has 0 bridgehead atoms. The molecule has 0 saturated carbocycles. The van der Waals surface area contributed by atoms with Crippen LogP contribution in [0.4, 0.5) is 10.1 Å². The predicted octanol–water partition coefficient (Wildman–Crippen LogP) is 4.83. The van der Waals surface area contributed by atoms with Crippen molar-refractivity contribution in [1.29, 1.82) is 0 Å². The molecule has 0 spiro atoms. The van der Waals surface area contributed by atoms with E-state index in [2.05, 4.69) is 5.32 Å². The second-order valence-corrected chi connectivity index (χ2v) is 9.32. The normalized spacial score (nSPS) is 27.5. The highest BCUT2D eigenvalue weighted by atomic mass is 19.1. The van der Waals surface area contributed by atoms with E-state index in [1.54, 1.807) is 4.90 Å². The highest BCUT2D eigenvalue weighted by Gasteiger charge is 2.65. The fourth-order valence-electron chi connectivity index (χ4n) is 6.01. The van der Waals surface area contributed by atoms with Gasteiger partial charge in [-0.15, -0.1) is 0 Å². The Morgan fingerprint density at radius 2 is 1.85 bits per heavy atom. The molecule has 2 amide bonds. The monoisotopic (exact) mass is 442 g/mol. The van der Waals surface area contributed by atoms with Gasteiger partial charge in [0.25, 0.3) is 11.8 Å². The van der Waals surface area contributed by atoms with E-state index in [0.717, 1.165) is 22.4 Å². The average molecular weight is 442 g/mol. The molecule has 3 aliphatic rings. The van der Waals surface area contributed by atoms with E-state index in [-0.39, 0.29) is 35.4 Å². The molecule has 3 aliphatic heterocycles. The van der Waals surface area contributed by atoms with Gasteiger partial charge < -0.3 is 15.0 Å². The lowest BCUT2D eigenvalue weighted by molar-refractivity contribution is -0.125. The maximum absolute atomic E-state index is 14.1. The van der Waals surface area contributed by atoms with Crippen LogP contribution in [0.15, 0.2) is 66.7 Å². The van der Waals surface area contributed by atoms with Gasteiger partial charge in [-0.2, -0.15) is 0 Å². The number of hydrogen-bond acceptors (Lipinski definition) is 3. The van der Waals surface area contributed by atoms with Crippen LogP contribution in [0.1, 0.15) is 45.9 Å². The Morgan fingerprint density at radius 3 is 2.64 bits per heavy atom. The molecule has 4 atom stereocenters. The number of nitrogens with zero attached hydrogens (tertiary/aromatic N) is 1. The van der Waals surface area contributed by atoms with Crippen LogP contribution in [0.3, 0.4) is 0 Å². The average Bonchev–Trinajstić information content (AvgIpc) is 3.05. The fraction of sp³-hybridized carbons (Fsp3) is 0.259. The Kier molecular flexibility index (Phi) is 4.18. The molecule has 5 nitrogen and oxygen atoms in total. The summed E-state index contributed by atoms with van der Waals surface area (Å²) < 4.78 is 20.2. The van der Waals surface area contributed by atoms with Crippen LogP contribution >= 0.6 is 0 Å². The lowest BCUT2D eigenvalue weighted by Gasteiger charge is -2.38. The molecule has 1 fully saturated rings. The largest absolute Gasteiger partial charge is 0.493 e. The fourth-order valence-corrected chi connectivity index (χ4v) is 6.01. The molecule has 3 unspecified atom stereocenters. The van der Waals surface area contributed by atoms with Crippen LogP contribution in [-0.2, 0) is 4.79 Å². The second kappa shape index (κ2) is 6.91. The summed E-state index contributed by atoms with van der Waals surface area (Å²) in [6.45, 7) is 4.22. The third kappa shape index (κ3) is 2.70. The first kappa shape index (κ1) is 20.0. The van der Waals surface area contributed by atoms with Gasteiger partial charge in [0, 0.05) is 17.4 Å². The van der Waals surface area contributed by atoms with Gasteiger partial charge in [-0.1, -0.05) is 48.0 Å². The Balaban J connectivity index is 1.63. The van der Waals surface area contributed by atoms with Crippen molar-refractivity contribution >= 4 is 17.5 Å². The summed E-state index contributed by atoms with van der Waals surface area (Å²) >= 11 is 0. The van der Waals surface area contributed by atoms with E-state index in [9.17, 15) is 14.0 Å². The Bertz CT molecular complexity index is 1310. The number of ether oxygens (including phenoxy) is 1.